The second kappa shape index (κ2) is 4.50. The van der Waals surface area contributed by atoms with Crippen LogP contribution in [-0.2, 0) is 0 Å². The van der Waals surface area contributed by atoms with Gasteiger partial charge in [0, 0.05) is 11.6 Å². The van der Waals surface area contributed by atoms with Crippen LogP contribution in [0, 0.1) is 0 Å². The van der Waals surface area contributed by atoms with E-state index in [0.29, 0.717) is 11.2 Å². The van der Waals surface area contributed by atoms with Crippen LogP contribution in [0.5, 0.6) is 5.75 Å². The number of nitrogens with two attached hydrogens (primary N) is 1. The number of benzene rings is 2. The van der Waals surface area contributed by atoms with E-state index in [-0.39, 0.29) is 11.3 Å². The number of carbonyl (C=O) groups is 1. The van der Waals surface area contributed by atoms with Crippen molar-refractivity contribution in [1.82, 2.24) is 4.98 Å². The van der Waals surface area contributed by atoms with Crippen molar-refractivity contribution in [2.24, 2.45) is 0 Å². The Hall–Kier alpha value is -2.60. The van der Waals surface area contributed by atoms with Crippen LogP contribution in [0.2, 0.25) is 0 Å². The van der Waals surface area contributed by atoms with E-state index in [2.05, 4.69) is 4.98 Å². The van der Waals surface area contributed by atoms with Gasteiger partial charge in [-0.3, -0.25) is 0 Å². The summed E-state index contributed by atoms with van der Waals surface area (Å²) in [6.45, 7) is 0. The maximum atomic E-state index is 10.8. The molecule has 1 heterocycles. The van der Waals surface area contributed by atoms with E-state index in [0.717, 1.165) is 15.3 Å². The van der Waals surface area contributed by atoms with Gasteiger partial charge in [0.05, 0.1) is 21.5 Å². The van der Waals surface area contributed by atoms with E-state index in [1.54, 1.807) is 18.2 Å². The van der Waals surface area contributed by atoms with Crippen LogP contribution >= 0.6 is 11.3 Å². The molecule has 0 saturated heterocycles. The number of aromatic carboxylic acids is 1. The summed E-state index contributed by atoms with van der Waals surface area (Å²) in [7, 11) is 0. The molecule has 6 heteroatoms. The molecule has 3 rings (SSSR count). The molecule has 0 fully saturated rings. The molecule has 0 spiro atoms. The molecule has 0 radical (unpaired) electrons. The quantitative estimate of drug-likeness (QED) is 0.497. The highest BCUT2D eigenvalue weighted by atomic mass is 32.1. The van der Waals surface area contributed by atoms with E-state index in [1.807, 2.05) is 0 Å². The average Bonchev–Trinajstić information content (AvgIpc) is 2.82. The molecule has 20 heavy (non-hydrogen) atoms. The summed E-state index contributed by atoms with van der Waals surface area (Å²) >= 11 is 1.44. The lowest BCUT2D eigenvalue weighted by molar-refractivity contribution is 0.0697. The Balaban J connectivity index is 2.07. The molecule has 0 atom stereocenters. The van der Waals surface area contributed by atoms with Gasteiger partial charge in [-0.2, -0.15) is 0 Å². The van der Waals surface area contributed by atoms with E-state index >= 15 is 0 Å². The number of hydrogen-bond donors (Lipinski definition) is 3. The minimum atomic E-state index is -0.960. The Morgan fingerprint density at radius 1 is 1.20 bits per heavy atom. The van der Waals surface area contributed by atoms with Crippen LogP contribution < -0.4 is 5.73 Å². The number of carboxylic acid groups (broad SMARTS) is 1. The van der Waals surface area contributed by atoms with Crippen molar-refractivity contribution in [3.05, 3.63) is 42.0 Å². The number of aromatic hydroxyl groups is 1. The van der Waals surface area contributed by atoms with Gasteiger partial charge in [-0.15, -0.1) is 11.3 Å². The van der Waals surface area contributed by atoms with Gasteiger partial charge < -0.3 is 15.9 Å². The largest absolute Gasteiger partial charge is 0.506 e. The second-order valence-electron chi connectivity index (χ2n) is 4.28. The smallest absolute Gasteiger partial charge is 0.335 e. The van der Waals surface area contributed by atoms with E-state index in [4.69, 9.17) is 10.8 Å². The number of phenols is 1. The van der Waals surface area contributed by atoms with Gasteiger partial charge in [-0.25, -0.2) is 9.78 Å². The third-order valence-corrected chi connectivity index (χ3v) is 3.98. The summed E-state index contributed by atoms with van der Waals surface area (Å²) in [5.41, 5.74) is 7.69. The Kier molecular flexibility index (Phi) is 2.80. The molecule has 0 amide bonds. The second-order valence-corrected chi connectivity index (χ2v) is 5.31. The zero-order valence-corrected chi connectivity index (χ0v) is 11.0. The number of carboxylic acids is 1. The van der Waals surface area contributed by atoms with E-state index in [1.165, 1.54) is 29.5 Å². The summed E-state index contributed by atoms with van der Waals surface area (Å²) in [5, 5.41) is 19.2. The lowest BCUT2D eigenvalue weighted by Crippen LogP contribution is -1.94. The van der Waals surface area contributed by atoms with Crippen LogP contribution in [0.25, 0.3) is 20.8 Å². The number of aromatic nitrogens is 1. The summed E-state index contributed by atoms with van der Waals surface area (Å²) in [5.74, 6) is -0.950. The molecule has 4 N–H and O–H groups in total. The zero-order valence-electron chi connectivity index (χ0n) is 10.2. The molecule has 100 valence electrons. The molecule has 2 aromatic carbocycles. The van der Waals surface area contributed by atoms with Crippen molar-refractivity contribution in [2.75, 3.05) is 5.73 Å². The van der Waals surface area contributed by atoms with Crippen LogP contribution in [0.3, 0.4) is 0 Å². The van der Waals surface area contributed by atoms with Crippen molar-refractivity contribution in [3.8, 4) is 16.3 Å². The topological polar surface area (TPSA) is 96.4 Å². The van der Waals surface area contributed by atoms with Gasteiger partial charge in [0.1, 0.15) is 10.8 Å². The predicted octanol–water partition coefficient (Wildman–Crippen LogP) is 2.95. The fourth-order valence-corrected chi connectivity index (χ4v) is 2.86. The Morgan fingerprint density at radius 3 is 2.55 bits per heavy atom. The first-order valence-corrected chi connectivity index (χ1v) is 6.59. The molecular weight excluding hydrogens is 276 g/mol. The Labute approximate surface area is 117 Å². The molecule has 5 nitrogen and oxygen atoms in total. The standard InChI is InChI=1S/C14H10N2O3S/c15-9-5-12-10(6-11(9)17)16-13(20-12)7-1-3-8(4-2-7)14(18)19/h1-6,17H,15H2,(H,18,19). The summed E-state index contributed by atoms with van der Waals surface area (Å²) < 4.78 is 0.873. The minimum Gasteiger partial charge on any atom is -0.506 e. The van der Waals surface area contributed by atoms with Gasteiger partial charge >= 0.3 is 5.97 Å². The average molecular weight is 286 g/mol. The summed E-state index contributed by atoms with van der Waals surface area (Å²) in [6.07, 6.45) is 0. The van der Waals surface area contributed by atoms with Gasteiger partial charge in [-0.05, 0) is 18.2 Å². The molecule has 0 aliphatic heterocycles. The molecule has 0 aliphatic carbocycles. The van der Waals surface area contributed by atoms with Crippen molar-refractivity contribution in [2.45, 2.75) is 0 Å². The fraction of sp³-hybridized carbons (Fsp3) is 0. The number of phenolic OH excluding ortho intramolecular Hbond substituents is 1. The number of fused-ring (bicyclic) bond motifs is 1. The SMILES string of the molecule is Nc1cc2sc(-c3ccc(C(=O)O)cc3)nc2cc1O. The van der Waals surface area contributed by atoms with E-state index in [9.17, 15) is 9.90 Å². The van der Waals surface area contributed by atoms with Gasteiger partial charge in [0.2, 0.25) is 0 Å². The first kappa shape index (κ1) is 12.4. The number of thiazole rings is 1. The number of nitrogens with zero attached hydrogens (tertiary/aromatic N) is 1. The number of anilines is 1. The van der Waals surface area contributed by atoms with Crippen LogP contribution in [0.1, 0.15) is 10.4 Å². The van der Waals surface area contributed by atoms with Crippen molar-refractivity contribution in [1.29, 1.82) is 0 Å². The highest BCUT2D eigenvalue weighted by Gasteiger charge is 2.10. The molecule has 0 bridgehead atoms. The fourth-order valence-electron chi connectivity index (χ4n) is 1.86. The van der Waals surface area contributed by atoms with Crippen molar-refractivity contribution in [3.63, 3.8) is 0 Å². The van der Waals surface area contributed by atoms with E-state index < -0.39 is 5.97 Å². The van der Waals surface area contributed by atoms with Crippen LogP contribution in [0.15, 0.2) is 36.4 Å². The molecule has 0 aliphatic rings. The third kappa shape index (κ3) is 2.06. The first-order valence-electron chi connectivity index (χ1n) is 5.77. The number of hydrogen-bond acceptors (Lipinski definition) is 5. The normalized spacial score (nSPS) is 10.8. The highest BCUT2D eigenvalue weighted by Crippen LogP contribution is 2.34. The van der Waals surface area contributed by atoms with Crippen LogP contribution in [-0.4, -0.2) is 21.2 Å². The molecular formula is C14H10N2O3S. The summed E-state index contributed by atoms with van der Waals surface area (Å²) in [4.78, 5) is 15.2. The predicted molar refractivity (Wildman–Crippen MR) is 78.1 cm³/mol. The van der Waals surface area contributed by atoms with Crippen molar-refractivity contribution < 1.29 is 15.0 Å². The Morgan fingerprint density at radius 2 is 1.90 bits per heavy atom. The van der Waals surface area contributed by atoms with Gasteiger partial charge in [-0.1, -0.05) is 12.1 Å². The highest BCUT2D eigenvalue weighted by molar-refractivity contribution is 7.21. The number of nitrogen functional groups attached to an aromatic ring is 1. The van der Waals surface area contributed by atoms with Gasteiger partial charge in [0.25, 0.3) is 0 Å². The van der Waals surface area contributed by atoms with Crippen LogP contribution in [0.4, 0.5) is 5.69 Å². The molecule has 1 aromatic heterocycles. The monoisotopic (exact) mass is 286 g/mol. The van der Waals surface area contributed by atoms with Gasteiger partial charge in [0.15, 0.2) is 0 Å². The molecule has 0 saturated carbocycles. The molecule has 0 unspecified atom stereocenters. The Bertz CT molecular complexity index is 770. The third-order valence-electron chi connectivity index (χ3n) is 2.92. The maximum absolute atomic E-state index is 10.8. The lowest BCUT2D eigenvalue weighted by atomic mass is 10.1. The summed E-state index contributed by atoms with van der Waals surface area (Å²) in [6, 6.07) is 9.70. The minimum absolute atomic E-state index is 0.00979. The van der Waals surface area contributed by atoms with Crippen molar-refractivity contribution >= 4 is 33.2 Å². The first-order chi connectivity index (χ1) is 9.54. The number of rotatable bonds is 2. The lowest BCUT2D eigenvalue weighted by Gasteiger charge is -1.97. The molecule has 3 aromatic rings. The zero-order chi connectivity index (χ0) is 14.3. The maximum Gasteiger partial charge on any atom is 0.335 e.